The quantitative estimate of drug-likeness (QED) is 0.204. The minimum atomic E-state index is -7.33. The molecule has 12 heteroatoms. The molecule has 0 amide bonds. The van der Waals surface area contributed by atoms with Crippen molar-refractivity contribution in [3.8, 4) is 0 Å². The van der Waals surface area contributed by atoms with Crippen LogP contribution in [0.1, 0.15) is 58.3 Å². The molecule has 0 aromatic heterocycles. The van der Waals surface area contributed by atoms with Crippen LogP contribution in [0.2, 0.25) is 0 Å². The van der Waals surface area contributed by atoms with Gasteiger partial charge in [0.15, 0.2) is 0 Å². The second kappa shape index (κ2) is 10.3. The molecule has 170 valence electrons. The van der Waals surface area contributed by atoms with Crippen molar-refractivity contribution in [3.05, 3.63) is 0 Å². The number of halogens is 11. The highest BCUT2D eigenvalue weighted by atomic mass is 19.4. The first-order valence-electron chi connectivity index (χ1n) is 8.72. The van der Waals surface area contributed by atoms with Crippen molar-refractivity contribution in [2.24, 2.45) is 0 Å². The zero-order valence-electron chi connectivity index (χ0n) is 15.1. The molecule has 0 spiro atoms. The van der Waals surface area contributed by atoms with Crippen molar-refractivity contribution in [3.63, 3.8) is 0 Å². The van der Waals surface area contributed by atoms with Crippen LogP contribution in [-0.4, -0.2) is 43.1 Å². The van der Waals surface area contributed by atoms with E-state index in [2.05, 4.69) is 0 Å². The van der Waals surface area contributed by atoms with E-state index < -0.39 is 49.3 Å². The predicted molar refractivity (Wildman–Crippen MR) is 79.3 cm³/mol. The minimum Gasteiger partial charge on any atom is -0.381 e. The smallest absolute Gasteiger partial charge is 0.381 e. The SMILES string of the molecule is CCCCCCCCOCCCC(F)(F)C(F)(F)C(F)(F)C(F)(F)C(F)(F)F. The molecule has 0 aliphatic carbocycles. The molecule has 0 atom stereocenters. The number of rotatable bonds is 14. The molecular formula is C16H23F11O. The Kier molecular flexibility index (Phi) is 9.99. The molecule has 0 radical (unpaired) electrons. The maximum absolute atomic E-state index is 13.4. The van der Waals surface area contributed by atoms with Gasteiger partial charge < -0.3 is 4.74 Å². The lowest BCUT2D eigenvalue weighted by molar-refractivity contribution is -0.422. The van der Waals surface area contributed by atoms with Crippen LogP contribution in [0.5, 0.6) is 0 Å². The fourth-order valence-corrected chi connectivity index (χ4v) is 2.24. The number of hydrogen-bond donors (Lipinski definition) is 0. The number of alkyl halides is 11. The number of unbranched alkanes of at least 4 members (excludes halogenated alkanes) is 5. The van der Waals surface area contributed by atoms with Crippen LogP contribution in [0.4, 0.5) is 48.3 Å². The van der Waals surface area contributed by atoms with Gasteiger partial charge in [-0.3, -0.25) is 0 Å². The van der Waals surface area contributed by atoms with Gasteiger partial charge in [0.05, 0.1) is 0 Å². The highest BCUT2D eigenvalue weighted by molar-refractivity contribution is 5.06. The predicted octanol–water partition coefficient (Wildman–Crippen LogP) is 7.25. The Bertz CT molecular complexity index is 446. The topological polar surface area (TPSA) is 9.23 Å². The molecule has 0 fully saturated rings. The van der Waals surface area contributed by atoms with Crippen molar-refractivity contribution >= 4 is 0 Å². The van der Waals surface area contributed by atoms with Crippen LogP contribution in [-0.2, 0) is 4.74 Å². The highest BCUT2D eigenvalue weighted by Gasteiger charge is 2.86. The Balaban J connectivity index is 4.59. The lowest BCUT2D eigenvalue weighted by atomic mass is 9.95. The van der Waals surface area contributed by atoms with Gasteiger partial charge in [0.2, 0.25) is 0 Å². The molecule has 0 N–H and O–H groups in total. The van der Waals surface area contributed by atoms with Crippen molar-refractivity contribution in [1.82, 2.24) is 0 Å². The van der Waals surface area contributed by atoms with Gasteiger partial charge in [-0.1, -0.05) is 39.0 Å². The zero-order valence-corrected chi connectivity index (χ0v) is 15.1. The standard InChI is InChI=1S/C16H23F11O/c1-2-3-4-5-6-7-10-28-11-8-9-12(17,18)13(19,20)14(21,22)15(23,24)16(25,26)27/h2-11H2,1H3. The largest absolute Gasteiger partial charge is 0.460 e. The minimum absolute atomic E-state index is 0.0936. The van der Waals surface area contributed by atoms with E-state index in [1.165, 1.54) is 0 Å². The monoisotopic (exact) mass is 440 g/mol. The number of hydrogen-bond acceptors (Lipinski definition) is 1. The summed E-state index contributed by atoms with van der Waals surface area (Å²) in [5, 5.41) is 0. The molecule has 0 rings (SSSR count). The third-order valence-electron chi connectivity index (χ3n) is 4.03. The Labute approximate surface area is 155 Å². The second-order valence-electron chi connectivity index (χ2n) is 6.41. The molecule has 0 aliphatic heterocycles. The first-order chi connectivity index (χ1) is 12.6. The molecule has 0 heterocycles. The first kappa shape index (κ1) is 27.2. The fourth-order valence-electron chi connectivity index (χ4n) is 2.24. The van der Waals surface area contributed by atoms with Gasteiger partial charge in [-0.25, -0.2) is 0 Å². The third kappa shape index (κ3) is 6.35. The average Bonchev–Trinajstić information content (AvgIpc) is 2.55. The van der Waals surface area contributed by atoms with Crippen LogP contribution < -0.4 is 0 Å². The summed E-state index contributed by atoms with van der Waals surface area (Å²) in [6.07, 6.45) is -4.80. The average molecular weight is 440 g/mol. The van der Waals surface area contributed by atoms with Crippen LogP contribution in [0, 0.1) is 0 Å². The van der Waals surface area contributed by atoms with Gasteiger partial charge in [0, 0.05) is 19.6 Å². The first-order valence-corrected chi connectivity index (χ1v) is 8.72. The van der Waals surface area contributed by atoms with Crippen LogP contribution >= 0.6 is 0 Å². The maximum Gasteiger partial charge on any atom is 0.460 e. The van der Waals surface area contributed by atoms with E-state index in [1.807, 2.05) is 6.92 Å². The molecule has 0 saturated carbocycles. The Morgan fingerprint density at radius 2 is 1.00 bits per heavy atom. The van der Waals surface area contributed by atoms with Gasteiger partial charge >= 0.3 is 29.9 Å². The molecular weight excluding hydrogens is 417 g/mol. The molecule has 28 heavy (non-hydrogen) atoms. The van der Waals surface area contributed by atoms with E-state index in [4.69, 9.17) is 4.74 Å². The van der Waals surface area contributed by atoms with Crippen molar-refractivity contribution in [2.45, 2.75) is 88.2 Å². The van der Waals surface area contributed by atoms with E-state index in [0.717, 1.165) is 32.1 Å². The number of ether oxygens (including phenoxy) is 1. The van der Waals surface area contributed by atoms with Gasteiger partial charge in [-0.2, -0.15) is 48.3 Å². The lowest BCUT2D eigenvalue weighted by Crippen LogP contribution is -2.66. The molecule has 0 aliphatic rings. The summed E-state index contributed by atoms with van der Waals surface area (Å²) in [4.78, 5) is 0. The molecule has 0 bridgehead atoms. The third-order valence-corrected chi connectivity index (χ3v) is 4.03. The Hall–Kier alpha value is -0.810. The summed E-state index contributed by atoms with van der Waals surface area (Å²) in [6, 6.07) is 0. The fraction of sp³-hybridized carbons (Fsp3) is 1.00. The normalized spacial score (nSPS) is 14.6. The van der Waals surface area contributed by atoms with Crippen molar-refractivity contribution in [2.75, 3.05) is 13.2 Å². The van der Waals surface area contributed by atoms with E-state index in [1.54, 1.807) is 0 Å². The molecule has 0 unspecified atom stereocenters. The molecule has 0 saturated heterocycles. The summed E-state index contributed by atoms with van der Waals surface area (Å²) in [5.41, 5.74) is 0. The molecule has 0 aromatic rings. The summed E-state index contributed by atoms with van der Waals surface area (Å²) >= 11 is 0. The van der Waals surface area contributed by atoms with Gasteiger partial charge in [-0.15, -0.1) is 0 Å². The van der Waals surface area contributed by atoms with Crippen molar-refractivity contribution < 1.29 is 53.0 Å². The van der Waals surface area contributed by atoms with Crippen LogP contribution in [0.3, 0.4) is 0 Å². The molecule has 0 aromatic carbocycles. The van der Waals surface area contributed by atoms with Gasteiger partial charge in [0.25, 0.3) is 0 Å². The van der Waals surface area contributed by atoms with Crippen molar-refractivity contribution in [1.29, 1.82) is 0 Å². The summed E-state index contributed by atoms with van der Waals surface area (Å²) in [6.45, 7) is 1.56. The van der Waals surface area contributed by atoms with E-state index >= 15 is 0 Å². The Morgan fingerprint density at radius 1 is 0.536 bits per heavy atom. The van der Waals surface area contributed by atoms with Crippen LogP contribution in [0.25, 0.3) is 0 Å². The van der Waals surface area contributed by atoms with E-state index in [-0.39, 0.29) is 6.61 Å². The summed E-state index contributed by atoms with van der Waals surface area (Å²) in [7, 11) is 0. The highest BCUT2D eigenvalue weighted by Crippen LogP contribution is 2.58. The van der Waals surface area contributed by atoms with E-state index in [0.29, 0.717) is 6.42 Å². The molecule has 1 nitrogen and oxygen atoms in total. The second-order valence-corrected chi connectivity index (χ2v) is 6.41. The summed E-state index contributed by atoms with van der Waals surface area (Å²) in [5.74, 6) is -27.4. The van der Waals surface area contributed by atoms with Gasteiger partial charge in [0.1, 0.15) is 0 Å². The Morgan fingerprint density at radius 3 is 1.50 bits per heavy atom. The van der Waals surface area contributed by atoms with Crippen LogP contribution in [0.15, 0.2) is 0 Å². The lowest BCUT2D eigenvalue weighted by Gasteiger charge is -2.37. The maximum atomic E-state index is 13.4. The van der Waals surface area contributed by atoms with Gasteiger partial charge in [-0.05, 0) is 12.8 Å². The zero-order chi connectivity index (χ0) is 22.3. The summed E-state index contributed by atoms with van der Waals surface area (Å²) < 4.78 is 145. The van der Waals surface area contributed by atoms with E-state index in [9.17, 15) is 48.3 Å².